The summed E-state index contributed by atoms with van der Waals surface area (Å²) in [4.78, 5) is 4.63. The summed E-state index contributed by atoms with van der Waals surface area (Å²) in [7, 11) is 0. The first-order chi connectivity index (χ1) is 10.3. The summed E-state index contributed by atoms with van der Waals surface area (Å²) in [6.07, 6.45) is 5.58. The van der Waals surface area contributed by atoms with E-state index in [1.165, 1.54) is 25.7 Å². The highest BCUT2D eigenvalue weighted by atomic mass is 35.5. The van der Waals surface area contributed by atoms with Gasteiger partial charge in [0, 0.05) is 6.54 Å². The molecule has 1 aromatic carbocycles. The molecule has 1 heterocycles. The van der Waals surface area contributed by atoms with E-state index in [2.05, 4.69) is 15.6 Å². The summed E-state index contributed by atoms with van der Waals surface area (Å²) in [6.45, 7) is 1.01. The zero-order chi connectivity index (χ0) is 14.4. The molecule has 2 bridgehead atoms. The van der Waals surface area contributed by atoms with E-state index in [1.807, 2.05) is 18.2 Å². The van der Waals surface area contributed by atoms with Gasteiger partial charge in [0.15, 0.2) is 0 Å². The Morgan fingerprint density at radius 2 is 2.24 bits per heavy atom. The maximum Gasteiger partial charge on any atom is 0.124 e. The number of hydrogen-bond donors (Lipinski definition) is 0. The molecule has 108 valence electrons. The van der Waals surface area contributed by atoms with E-state index in [0.29, 0.717) is 11.4 Å². The third kappa shape index (κ3) is 2.13. The molecule has 3 unspecified atom stereocenters. The Hall–Kier alpha value is -1.53. The van der Waals surface area contributed by atoms with E-state index in [1.54, 1.807) is 0 Å². The number of halogens is 1. The highest BCUT2D eigenvalue weighted by molar-refractivity contribution is 6.16. The number of alkyl halides is 1. The second-order valence-corrected chi connectivity index (χ2v) is 6.79. The van der Waals surface area contributed by atoms with E-state index in [-0.39, 0.29) is 0 Å². The summed E-state index contributed by atoms with van der Waals surface area (Å²) < 4.78 is 2.26. The molecule has 0 saturated heterocycles. The first-order valence-corrected chi connectivity index (χ1v) is 8.27. The smallest absolute Gasteiger partial charge is 0.124 e. The predicted octanol–water partition coefficient (Wildman–Crippen LogP) is 4.08. The van der Waals surface area contributed by atoms with Gasteiger partial charge in [-0.3, -0.25) is 0 Å². The number of rotatable bonds is 3. The Labute approximate surface area is 129 Å². The minimum Gasteiger partial charge on any atom is -0.327 e. The van der Waals surface area contributed by atoms with Crippen molar-refractivity contribution >= 4 is 22.6 Å². The van der Waals surface area contributed by atoms with Crippen LogP contribution in [0.3, 0.4) is 0 Å². The van der Waals surface area contributed by atoms with Gasteiger partial charge in [0.2, 0.25) is 0 Å². The molecular formula is C17H18ClN3. The van der Waals surface area contributed by atoms with Gasteiger partial charge < -0.3 is 4.57 Å². The van der Waals surface area contributed by atoms with E-state index in [9.17, 15) is 0 Å². The van der Waals surface area contributed by atoms with Gasteiger partial charge in [0.25, 0.3) is 0 Å². The van der Waals surface area contributed by atoms with Crippen LogP contribution in [0.15, 0.2) is 18.2 Å². The van der Waals surface area contributed by atoms with Crippen LogP contribution in [0, 0.1) is 29.1 Å². The third-order valence-corrected chi connectivity index (χ3v) is 5.62. The fourth-order valence-electron chi connectivity index (χ4n) is 4.38. The predicted molar refractivity (Wildman–Crippen MR) is 82.9 cm³/mol. The van der Waals surface area contributed by atoms with Gasteiger partial charge in [-0.2, -0.15) is 5.26 Å². The van der Waals surface area contributed by atoms with Crippen molar-refractivity contribution in [3.8, 4) is 6.07 Å². The van der Waals surface area contributed by atoms with Crippen LogP contribution in [0.4, 0.5) is 0 Å². The van der Waals surface area contributed by atoms with Gasteiger partial charge in [-0.15, -0.1) is 11.6 Å². The standard InChI is InChI=1S/C17H18ClN3/c18-8-17-20-15-4-2-12(9-19)7-16(15)21(17)10-14-6-11-1-3-13(14)5-11/h2,4,7,11,13-14H,1,3,5-6,8,10H2. The molecule has 0 aliphatic heterocycles. The minimum absolute atomic E-state index is 0.428. The lowest BCUT2D eigenvalue weighted by Crippen LogP contribution is -2.18. The average molecular weight is 300 g/mol. The molecule has 4 rings (SSSR count). The van der Waals surface area contributed by atoms with Crippen molar-refractivity contribution in [2.45, 2.75) is 38.1 Å². The number of aromatic nitrogens is 2. The number of fused-ring (bicyclic) bond motifs is 3. The topological polar surface area (TPSA) is 41.6 Å². The molecule has 1 aromatic heterocycles. The Balaban J connectivity index is 1.73. The molecule has 4 heteroatoms. The van der Waals surface area contributed by atoms with E-state index in [4.69, 9.17) is 16.9 Å². The monoisotopic (exact) mass is 299 g/mol. The molecule has 0 amide bonds. The fourth-order valence-corrected chi connectivity index (χ4v) is 4.59. The minimum atomic E-state index is 0.428. The lowest BCUT2D eigenvalue weighted by Gasteiger charge is -2.23. The molecular weight excluding hydrogens is 282 g/mol. The summed E-state index contributed by atoms with van der Waals surface area (Å²) in [6, 6.07) is 7.93. The molecule has 2 aliphatic rings. The lowest BCUT2D eigenvalue weighted by molar-refractivity contribution is 0.296. The van der Waals surface area contributed by atoms with Crippen molar-refractivity contribution in [2.75, 3.05) is 0 Å². The maximum absolute atomic E-state index is 9.12. The van der Waals surface area contributed by atoms with Gasteiger partial charge in [-0.05, 0) is 55.2 Å². The summed E-state index contributed by atoms with van der Waals surface area (Å²) in [5.41, 5.74) is 2.71. The summed E-state index contributed by atoms with van der Waals surface area (Å²) in [5, 5.41) is 9.12. The van der Waals surface area contributed by atoms with Crippen molar-refractivity contribution < 1.29 is 0 Å². The van der Waals surface area contributed by atoms with Crippen LogP contribution in [0.5, 0.6) is 0 Å². The van der Waals surface area contributed by atoms with Crippen molar-refractivity contribution in [3.63, 3.8) is 0 Å². The Kier molecular flexibility index (Phi) is 3.15. The largest absolute Gasteiger partial charge is 0.327 e. The van der Waals surface area contributed by atoms with Crippen LogP contribution in [0.2, 0.25) is 0 Å². The van der Waals surface area contributed by atoms with E-state index >= 15 is 0 Å². The molecule has 3 nitrogen and oxygen atoms in total. The zero-order valence-electron chi connectivity index (χ0n) is 11.9. The highest BCUT2D eigenvalue weighted by Crippen LogP contribution is 2.49. The molecule has 2 aliphatic carbocycles. The number of benzene rings is 1. The van der Waals surface area contributed by atoms with Crippen LogP contribution in [0.1, 0.15) is 37.1 Å². The van der Waals surface area contributed by atoms with Crippen molar-refractivity contribution in [2.24, 2.45) is 17.8 Å². The van der Waals surface area contributed by atoms with E-state index in [0.717, 1.165) is 41.2 Å². The Morgan fingerprint density at radius 3 is 2.90 bits per heavy atom. The first-order valence-electron chi connectivity index (χ1n) is 7.73. The van der Waals surface area contributed by atoms with Crippen molar-refractivity contribution in [1.82, 2.24) is 9.55 Å². The summed E-state index contributed by atoms with van der Waals surface area (Å²) in [5.74, 6) is 3.95. The van der Waals surface area contributed by atoms with Crippen LogP contribution >= 0.6 is 11.6 Å². The molecule has 2 aromatic rings. The quantitative estimate of drug-likeness (QED) is 0.801. The second kappa shape index (κ2) is 5.03. The van der Waals surface area contributed by atoms with Crippen LogP contribution in [-0.2, 0) is 12.4 Å². The van der Waals surface area contributed by atoms with E-state index < -0.39 is 0 Å². The molecule has 0 N–H and O–H groups in total. The molecule has 2 fully saturated rings. The molecule has 3 atom stereocenters. The van der Waals surface area contributed by atoms with Crippen LogP contribution in [0.25, 0.3) is 11.0 Å². The summed E-state index contributed by atoms with van der Waals surface area (Å²) >= 11 is 6.09. The Morgan fingerprint density at radius 1 is 1.33 bits per heavy atom. The first kappa shape index (κ1) is 13.2. The van der Waals surface area contributed by atoms with Crippen molar-refractivity contribution in [3.05, 3.63) is 29.6 Å². The number of nitriles is 1. The lowest BCUT2D eigenvalue weighted by atomic mass is 9.89. The number of imidazole rings is 1. The second-order valence-electron chi connectivity index (χ2n) is 6.52. The number of nitrogens with zero attached hydrogens (tertiary/aromatic N) is 3. The van der Waals surface area contributed by atoms with Crippen LogP contribution in [-0.4, -0.2) is 9.55 Å². The maximum atomic E-state index is 9.12. The van der Waals surface area contributed by atoms with Gasteiger partial charge in [0.05, 0.1) is 28.5 Å². The molecule has 21 heavy (non-hydrogen) atoms. The Bertz CT molecular complexity index is 727. The highest BCUT2D eigenvalue weighted by Gasteiger charge is 2.39. The van der Waals surface area contributed by atoms with Gasteiger partial charge in [0.1, 0.15) is 5.82 Å². The molecule has 0 radical (unpaired) electrons. The normalized spacial score (nSPS) is 27.3. The van der Waals surface area contributed by atoms with Gasteiger partial charge >= 0.3 is 0 Å². The number of hydrogen-bond acceptors (Lipinski definition) is 2. The third-order valence-electron chi connectivity index (χ3n) is 5.38. The van der Waals surface area contributed by atoms with Crippen molar-refractivity contribution in [1.29, 1.82) is 5.26 Å². The van der Waals surface area contributed by atoms with Crippen LogP contribution < -0.4 is 0 Å². The fraction of sp³-hybridized carbons (Fsp3) is 0.529. The SMILES string of the molecule is N#Cc1ccc2nc(CCl)n(CC3CC4CCC3C4)c2c1. The molecule has 2 saturated carbocycles. The van der Waals surface area contributed by atoms with Gasteiger partial charge in [-0.1, -0.05) is 6.42 Å². The zero-order valence-corrected chi connectivity index (χ0v) is 12.7. The molecule has 0 spiro atoms. The van der Waals surface area contributed by atoms with Gasteiger partial charge in [-0.25, -0.2) is 4.98 Å². The average Bonchev–Trinajstić information content (AvgIpc) is 3.21.